The van der Waals surface area contributed by atoms with E-state index in [4.69, 9.17) is 18.8 Å². The number of hydrogen-bond acceptors (Lipinski definition) is 5. The van der Waals surface area contributed by atoms with Crippen molar-refractivity contribution in [1.82, 2.24) is 5.32 Å². The Kier molecular flexibility index (Phi) is 5.87. The van der Waals surface area contributed by atoms with Crippen molar-refractivity contribution in [1.29, 1.82) is 0 Å². The predicted octanol–water partition coefficient (Wildman–Crippen LogP) is 10.8. The second-order valence-corrected chi connectivity index (χ2v) is 12.1. The number of rotatable bonds is 4. The van der Waals surface area contributed by atoms with Crippen molar-refractivity contribution >= 4 is 66.3 Å². The van der Waals surface area contributed by atoms with Gasteiger partial charge in [0.1, 0.15) is 34.3 Å². The first-order chi connectivity index (χ1) is 23.8. The number of benzene rings is 7. The smallest absolute Gasteiger partial charge is 0.159 e. The Hall–Kier alpha value is -6.46. The van der Waals surface area contributed by atoms with E-state index in [1.54, 1.807) is 0 Å². The van der Waals surface area contributed by atoms with Crippen molar-refractivity contribution in [3.63, 3.8) is 0 Å². The maximum Gasteiger partial charge on any atom is 0.159 e. The first-order valence-electron chi connectivity index (χ1n) is 16.1. The zero-order valence-electron chi connectivity index (χ0n) is 25.7. The van der Waals surface area contributed by atoms with Gasteiger partial charge in [-0.1, -0.05) is 133 Å². The molecule has 5 nitrogen and oxygen atoms in total. The van der Waals surface area contributed by atoms with E-state index in [0.717, 1.165) is 77.5 Å². The van der Waals surface area contributed by atoms with Gasteiger partial charge in [0.15, 0.2) is 5.84 Å². The van der Waals surface area contributed by atoms with Crippen molar-refractivity contribution in [3.05, 3.63) is 168 Å². The van der Waals surface area contributed by atoms with Crippen LogP contribution in [0, 0.1) is 0 Å². The molecule has 1 atom stereocenters. The third-order valence-corrected chi connectivity index (χ3v) is 9.34. The van der Waals surface area contributed by atoms with Gasteiger partial charge >= 0.3 is 0 Å². The Balaban J connectivity index is 1.22. The van der Waals surface area contributed by atoms with Crippen LogP contribution in [0.2, 0.25) is 0 Å². The second-order valence-electron chi connectivity index (χ2n) is 12.1. The van der Waals surface area contributed by atoms with Crippen LogP contribution in [0.25, 0.3) is 65.8 Å². The van der Waals surface area contributed by atoms with Gasteiger partial charge in [-0.25, -0.2) is 9.98 Å². The fourth-order valence-electron chi connectivity index (χ4n) is 7.18. The third kappa shape index (κ3) is 4.11. The van der Waals surface area contributed by atoms with Crippen LogP contribution >= 0.6 is 0 Å². The molecular formula is C43H27N3O2. The van der Waals surface area contributed by atoms with Crippen molar-refractivity contribution < 1.29 is 8.83 Å². The van der Waals surface area contributed by atoms with Crippen LogP contribution in [0.1, 0.15) is 22.9 Å². The summed E-state index contributed by atoms with van der Waals surface area (Å²) in [5, 5.41) is 10.3. The Bertz CT molecular complexity index is 2760. The maximum absolute atomic E-state index is 6.67. The van der Waals surface area contributed by atoms with E-state index in [-0.39, 0.29) is 6.17 Å². The molecule has 3 heterocycles. The molecule has 0 spiro atoms. The van der Waals surface area contributed by atoms with Gasteiger partial charge in [0.2, 0.25) is 0 Å². The Morgan fingerprint density at radius 2 is 1.12 bits per heavy atom. The molecule has 1 N–H and O–H groups in total. The van der Waals surface area contributed by atoms with Crippen molar-refractivity contribution in [2.75, 3.05) is 0 Å². The molecule has 0 bridgehead atoms. The number of aliphatic imine (C=N–C) groups is 2. The summed E-state index contributed by atoms with van der Waals surface area (Å²) >= 11 is 0. The average Bonchev–Trinajstić information content (AvgIpc) is 3.74. The number of hydrogen-bond donors (Lipinski definition) is 1. The fraction of sp³-hybridized carbons (Fsp3) is 0.0233. The highest BCUT2D eigenvalue weighted by Gasteiger charge is 2.25. The number of nitrogens with one attached hydrogen (secondary N) is 1. The molecule has 7 aromatic carbocycles. The molecule has 1 aliphatic heterocycles. The van der Waals surface area contributed by atoms with Crippen molar-refractivity contribution in [2.24, 2.45) is 9.98 Å². The molecule has 0 radical (unpaired) electrons. The highest BCUT2D eigenvalue weighted by Crippen LogP contribution is 2.44. The zero-order chi connectivity index (χ0) is 31.6. The van der Waals surface area contributed by atoms with Gasteiger partial charge in [-0.15, -0.1) is 0 Å². The molecule has 0 aliphatic carbocycles. The van der Waals surface area contributed by atoms with Gasteiger partial charge in [0.25, 0.3) is 0 Å². The Morgan fingerprint density at radius 3 is 1.96 bits per heavy atom. The summed E-state index contributed by atoms with van der Waals surface area (Å²) in [5.41, 5.74) is 8.37. The Morgan fingerprint density at radius 1 is 0.479 bits per heavy atom. The lowest BCUT2D eigenvalue weighted by atomic mass is 9.95. The number of furan rings is 2. The number of nitrogens with zero attached hydrogens (tertiary/aromatic N) is 2. The summed E-state index contributed by atoms with van der Waals surface area (Å²) in [6.07, 6.45) is -0.305. The highest BCUT2D eigenvalue weighted by atomic mass is 16.3. The first kappa shape index (κ1) is 26.7. The lowest BCUT2D eigenvalue weighted by Crippen LogP contribution is -2.33. The molecule has 0 fully saturated rings. The molecule has 5 heteroatoms. The largest absolute Gasteiger partial charge is 0.456 e. The highest BCUT2D eigenvalue weighted by molar-refractivity contribution is 6.26. The predicted molar refractivity (Wildman–Crippen MR) is 196 cm³/mol. The number of amidine groups is 2. The molecule has 10 rings (SSSR count). The molecular weight excluding hydrogens is 590 g/mol. The summed E-state index contributed by atoms with van der Waals surface area (Å²) in [4.78, 5) is 10.2. The second kappa shape index (κ2) is 10.5. The van der Waals surface area contributed by atoms with Crippen LogP contribution in [-0.4, -0.2) is 11.7 Å². The summed E-state index contributed by atoms with van der Waals surface area (Å²) in [6.45, 7) is 0. The van der Waals surface area contributed by atoms with E-state index in [2.05, 4.69) is 102 Å². The molecule has 0 saturated carbocycles. The lowest BCUT2D eigenvalue weighted by Gasteiger charge is -2.24. The quantitative estimate of drug-likeness (QED) is 0.214. The monoisotopic (exact) mass is 617 g/mol. The van der Waals surface area contributed by atoms with Crippen LogP contribution in [0.15, 0.2) is 170 Å². The minimum Gasteiger partial charge on any atom is -0.456 e. The van der Waals surface area contributed by atoms with E-state index in [0.29, 0.717) is 5.84 Å². The summed E-state index contributed by atoms with van der Waals surface area (Å²) in [6, 6.07) is 52.0. The van der Waals surface area contributed by atoms with Gasteiger partial charge < -0.3 is 14.2 Å². The molecule has 1 unspecified atom stereocenters. The normalized spacial score (nSPS) is 14.9. The first-order valence-corrected chi connectivity index (χ1v) is 16.1. The van der Waals surface area contributed by atoms with E-state index in [9.17, 15) is 0 Å². The van der Waals surface area contributed by atoms with Crippen LogP contribution in [0.3, 0.4) is 0 Å². The number of para-hydroxylation sites is 1. The van der Waals surface area contributed by atoms with Crippen LogP contribution in [0.5, 0.6) is 0 Å². The van der Waals surface area contributed by atoms with Crippen LogP contribution in [0.4, 0.5) is 0 Å². The van der Waals surface area contributed by atoms with Gasteiger partial charge in [-0.05, 0) is 40.1 Å². The van der Waals surface area contributed by atoms with Gasteiger partial charge in [0.05, 0.1) is 0 Å². The summed E-state index contributed by atoms with van der Waals surface area (Å²) in [5.74, 6) is 1.43. The van der Waals surface area contributed by atoms with Crippen LogP contribution < -0.4 is 5.32 Å². The maximum atomic E-state index is 6.67. The van der Waals surface area contributed by atoms with Crippen molar-refractivity contribution in [2.45, 2.75) is 6.17 Å². The molecule has 0 amide bonds. The minimum absolute atomic E-state index is 0.305. The van der Waals surface area contributed by atoms with Gasteiger partial charge in [-0.2, -0.15) is 0 Å². The van der Waals surface area contributed by atoms with E-state index < -0.39 is 0 Å². The van der Waals surface area contributed by atoms with Crippen LogP contribution in [-0.2, 0) is 0 Å². The fourth-order valence-corrected chi connectivity index (χ4v) is 7.18. The third-order valence-electron chi connectivity index (χ3n) is 9.34. The number of fused-ring (bicyclic) bond motifs is 8. The average molecular weight is 618 g/mol. The molecule has 226 valence electrons. The zero-order valence-corrected chi connectivity index (χ0v) is 25.7. The summed E-state index contributed by atoms with van der Waals surface area (Å²) < 4.78 is 13.2. The van der Waals surface area contributed by atoms with Gasteiger partial charge in [-0.3, -0.25) is 0 Å². The summed E-state index contributed by atoms with van der Waals surface area (Å²) in [7, 11) is 0. The van der Waals surface area contributed by atoms with E-state index in [1.165, 1.54) is 10.8 Å². The molecule has 48 heavy (non-hydrogen) atoms. The standard InChI is InChI=1S/C43H27N3O2/c1-3-13-27(14-4-1)41-44-42(28-15-5-2-6-16-28)46-43(45-41)33-21-11-23-35-39(33)38-30(18-10-22-34(38)47-35)31-19-9-20-32-37-29-17-8-7-12-26(29)24-25-36(37)48-40(31)32/h1-25,41H,(H,44,45,46). The van der Waals surface area contributed by atoms with Gasteiger partial charge in [0, 0.05) is 38.2 Å². The molecule has 1 aliphatic rings. The van der Waals surface area contributed by atoms with E-state index in [1.807, 2.05) is 54.6 Å². The molecule has 9 aromatic rings. The lowest BCUT2D eigenvalue weighted by molar-refractivity contribution is 0.667. The SMILES string of the molecule is c1ccc(C2=NC(c3ccccc3)NC(c3cccc4oc5cccc(-c6cccc7c6oc6ccc8ccccc8c67)c5c34)=N2)cc1. The van der Waals surface area contributed by atoms with E-state index >= 15 is 0 Å². The molecule has 2 aromatic heterocycles. The van der Waals surface area contributed by atoms with Crippen molar-refractivity contribution in [3.8, 4) is 11.1 Å². The Labute approximate surface area is 275 Å². The topological polar surface area (TPSA) is 63.0 Å². The molecule has 0 saturated heterocycles. The minimum atomic E-state index is -0.305.